The number of hydrogen-bond acceptors (Lipinski definition) is 6. The number of methoxy groups -OCH3 is 1. The van der Waals surface area contributed by atoms with Crippen molar-refractivity contribution in [3.05, 3.63) is 93.0 Å². The van der Waals surface area contributed by atoms with Gasteiger partial charge in [-0.2, -0.15) is 0 Å². The first kappa shape index (κ1) is 21.3. The number of carbonyl (C=O) groups is 1. The molecular weight excluding hydrogens is 434 g/mol. The van der Waals surface area contributed by atoms with Gasteiger partial charge in [0, 0.05) is 22.7 Å². The molecule has 4 aromatic rings. The molecule has 0 aliphatic carbocycles. The average Bonchev–Trinajstić information content (AvgIpc) is 3.14. The van der Waals surface area contributed by atoms with Crippen LogP contribution in [-0.4, -0.2) is 34.2 Å². The van der Waals surface area contributed by atoms with Gasteiger partial charge in [0.15, 0.2) is 12.4 Å². The van der Waals surface area contributed by atoms with Gasteiger partial charge in [-0.25, -0.2) is 0 Å². The van der Waals surface area contributed by atoms with Gasteiger partial charge in [-0.05, 0) is 48.0 Å². The van der Waals surface area contributed by atoms with Crippen LogP contribution in [0.5, 0.6) is 11.6 Å². The number of nitro groups is 1. The molecule has 0 radical (unpaired) electrons. The maximum absolute atomic E-state index is 12.5. The second kappa shape index (κ2) is 9.07. The van der Waals surface area contributed by atoms with Crippen LogP contribution in [0.2, 0.25) is 5.02 Å². The first-order valence-electron chi connectivity index (χ1n) is 9.64. The lowest BCUT2D eigenvalue weighted by atomic mass is 10.1. The highest BCUT2D eigenvalue weighted by Crippen LogP contribution is 2.30. The Morgan fingerprint density at radius 3 is 2.62 bits per heavy atom. The number of carbonyl (C=O) groups excluding carboxylic acids is 1. The van der Waals surface area contributed by atoms with Crippen LogP contribution in [-0.2, 0) is 6.54 Å². The van der Waals surface area contributed by atoms with Gasteiger partial charge < -0.3 is 9.47 Å². The molecule has 0 bridgehead atoms. The van der Waals surface area contributed by atoms with E-state index in [0.29, 0.717) is 33.8 Å². The van der Waals surface area contributed by atoms with Crippen molar-refractivity contribution in [2.45, 2.75) is 6.54 Å². The highest BCUT2D eigenvalue weighted by molar-refractivity contribution is 6.30. The second-order valence-corrected chi connectivity index (χ2v) is 7.43. The van der Waals surface area contributed by atoms with Crippen LogP contribution in [0.25, 0.3) is 10.9 Å². The summed E-state index contributed by atoms with van der Waals surface area (Å²) in [5, 5.41) is 16.8. The predicted molar refractivity (Wildman–Crippen MR) is 120 cm³/mol. The molecule has 162 valence electrons. The molecule has 0 atom stereocenters. The summed E-state index contributed by atoms with van der Waals surface area (Å²) in [6.45, 7) is 0.0841. The van der Waals surface area contributed by atoms with Gasteiger partial charge in [0.25, 0.3) is 5.69 Å². The van der Waals surface area contributed by atoms with Crippen LogP contribution < -0.4 is 9.47 Å². The van der Waals surface area contributed by atoms with Crippen LogP contribution >= 0.6 is 11.6 Å². The van der Waals surface area contributed by atoms with E-state index in [0.717, 1.165) is 5.52 Å². The third-order valence-electron chi connectivity index (χ3n) is 4.88. The first-order valence-corrected chi connectivity index (χ1v) is 10.0. The van der Waals surface area contributed by atoms with E-state index in [1.165, 1.54) is 12.1 Å². The molecule has 3 aromatic carbocycles. The Labute approximate surface area is 188 Å². The van der Waals surface area contributed by atoms with Gasteiger partial charge in [-0.15, -0.1) is 5.10 Å². The van der Waals surface area contributed by atoms with Crippen molar-refractivity contribution in [1.29, 1.82) is 0 Å². The Morgan fingerprint density at radius 2 is 1.91 bits per heavy atom. The number of fused-ring (bicyclic) bond motifs is 1. The van der Waals surface area contributed by atoms with Crippen LogP contribution in [0.3, 0.4) is 0 Å². The lowest BCUT2D eigenvalue weighted by molar-refractivity contribution is -0.384. The lowest BCUT2D eigenvalue weighted by Crippen LogP contribution is -2.12. The number of aromatic nitrogens is 2. The Morgan fingerprint density at radius 1 is 1.12 bits per heavy atom. The SMILES string of the molecule is COc1ccc2c(c1)c(OCC(=O)c1ccc(Cl)cc1)nn2Cc1cccc([N+](=O)[O-])c1. The minimum atomic E-state index is -0.438. The Hall–Kier alpha value is -3.91. The molecule has 9 heteroatoms. The number of hydrogen-bond donors (Lipinski definition) is 0. The summed E-state index contributed by atoms with van der Waals surface area (Å²) in [5.74, 6) is 0.666. The summed E-state index contributed by atoms with van der Waals surface area (Å²) in [6.07, 6.45) is 0. The fraction of sp³-hybridized carbons (Fsp3) is 0.130. The van der Waals surface area contributed by atoms with Crippen LogP contribution in [0, 0.1) is 10.1 Å². The molecule has 8 nitrogen and oxygen atoms in total. The van der Waals surface area contributed by atoms with Gasteiger partial charge in [0.2, 0.25) is 5.88 Å². The fourth-order valence-electron chi connectivity index (χ4n) is 3.28. The number of nitrogens with zero attached hydrogens (tertiary/aromatic N) is 3. The minimum Gasteiger partial charge on any atom is -0.497 e. The zero-order chi connectivity index (χ0) is 22.7. The van der Waals surface area contributed by atoms with E-state index in [1.807, 2.05) is 6.07 Å². The van der Waals surface area contributed by atoms with Crippen LogP contribution in [0.15, 0.2) is 66.7 Å². The molecule has 32 heavy (non-hydrogen) atoms. The number of non-ortho nitro benzene ring substituents is 1. The van der Waals surface area contributed by atoms with Crippen molar-refractivity contribution in [1.82, 2.24) is 9.78 Å². The number of rotatable bonds is 8. The van der Waals surface area contributed by atoms with E-state index < -0.39 is 4.92 Å². The number of nitro benzene ring substituents is 1. The quantitative estimate of drug-likeness (QED) is 0.214. The zero-order valence-corrected chi connectivity index (χ0v) is 17.8. The topological polar surface area (TPSA) is 96.5 Å². The molecular formula is C23H18ClN3O5. The summed E-state index contributed by atoms with van der Waals surface area (Å²) in [7, 11) is 1.55. The molecule has 0 saturated carbocycles. The number of ketones is 1. The summed E-state index contributed by atoms with van der Waals surface area (Å²) >= 11 is 5.88. The average molecular weight is 452 g/mol. The number of halogens is 1. The fourth-order valence-corrected chi connectivity index (χ4v) is 3.40. The van der Waals surface area contributed by atoms with E-state index >= 15 is 0 Å². The summed E-state index contributed by atoms with van der Waals surface area (Å²) in [6, 6.07) is 18.3. The van der Waals surface area contributed by atoms with Gasteiger partial charge >= 0.3 is 0 Å². The third kappa shape index (κ3) is 4.55. The summed E-state index contributed by atoms with van der Waals surface area (Å²) in [5.41, 5.74) is 1.94. The smallest absolute Gasteiger partial charge is 0.269 e. The Kier molecular flexibility index (Phi) is 6.04. The second-order valence-electron chi connectivity index (χ2n) is 6.99. The van der Waals surface area contributed by atoms with Crippen LogP contribution in [0.1, 0.15) is 15.9 Å². The monoisotopic (exact) mass is 451 g/mol. The standard InChI is InChI=1S/C23H18ClN3O5/c1-31-19-9-10-21-20(12-19)23(32-14-22(28)16-5-7-17(24)8-6-16)25-26(21)13-15-3-2-4-18(11-15)27(29)30/h2-12H,13-14H2,1H3. The zero-order valence-electron chi connectivity index (χ0n) is 17.0. The predicted octanol–water partition coefficient (Wildman–Crippen LogP) is 4.92. The molecule has 0 aliphatic rings. The number of ether oxygens (including phenoxy) is 2. The molecule has 0 saturated heterocycles. The molecule has 0 aliphatic heterocycles. The highest BCUT2D eigenvalue weighted by Gasteiger charge is 2.16. The third-order valence-corrected chi connectivity index (χ3v) is 5.14. The molecule has 1 heterocycles. The summed E-state index contributed by atoms with van der Waals surface area (Å²) < 4.78 is 12.7. The van der Waals surface area contributed by atoms with Crippen molar-refractivity contribution < 1.29 is 19.2 Å². The maximum Gasteiger partial charge on any atom is 0.269 e. The van der Waals surface area contributed by atoms with Crippen molar-refractivity contribution in [3.63, 3.8) is 0 Å². The Bertz CT molecular complexity index is 1300. The molecule has 0 unspecified atom stereocenters. The normalized spacial score (nSPS) is 10.8. The van der Waals surface area contributed by atoms with Gasteiger partial charge in [-0.1, -0.05) is 23.7 Å². The van der Waals surface area contributed by atoms with Crippen LogP contribution in [0.4, 0.5) is 5.69 Å². The van der Waals surface area contributed by atoms with E-state index in [4.69, 9.17) is 21.1 Å². The van der Waals surface area contributed by atoms with Crippen molar-refractivity contribution >= 4 is 34.0 Å². The van der Waals surface area contributed by atoms with E-state index in [9.17, 15) is 14.9 Å². The molecule has 1 aromatic heterocycles. The molecule has 0 fully saturated rings. The van der Waals surface area contributed by atoms with Gasteiger partial charge in [0.05, 0.1) is 29.5 Å². The van der Waals surface area contributed by atoms with E-state index in [2.05, 4.69) is 5.10 Å². The Balaban J connectivity index is 1.63. The highest BCUT2D eigenvalue weighted by atomic mass is 35.5. The summed E-state index contributed by atoms with van der Waals surface area (Å²) in [4.78, 5) is 23.1. The number of Topliss-reactive ketones (excluding diaryl/α,β-unsaturated/α-hetero) is 1. The molecule has 0 spiro atoms. The van der Waals surface area contributed by atoms with Crippen molar-refractivity contribution in [2.75, 3.05) is 13.7 Å². The molecule has 4 rings (SSSR count). The van der Waals surface area contributed by atoms with Crippen molar-refractivity contribution in [2.24, 2.45) is 0 Å². The van der Waals surface area contributed by atoms with Gasteiger partial charge in [-0.3, -0.25) is 19.6 Å². The first-order chi connectivity index (χ1) is 15.4. The molecule has 0 N–H and O–H groups in total. The lowest BCUT2D eigenvalue weighted by Gasteiger charge is -2.04. The maximum atomic E-state index is 12.5. The van der Waals surface area contributed by atoms with E-state index in [1.54, 1.807) is 60.3 Å². The van der Waals surface area contributed by atoms with Crippen molar-refractivity contribution in [3.8, 4) is 11.6 Å². The van der Waals surface area contributed by atoms with Gasteiger partial charge in [0.1, 0.15) is 5.75 Å². The van der Waals surface area contributed by atoms with E-state index in [-0.39, 0.29) is 24.0 Å². The molecule has 0 amide bonds. The minimum absolute atomic E-state index is 0.00525. The largest absolute Gasteiger partial charge is 0.497 e. The number of benzene rings is 3.